The second-order valence-electron chi connectivity index (χ2n) is 7.22. The van der Waals surface area contributed by atoms with Crippen LogP contribution in [-0.2, 0) is 11.3 Å². The fraction of sp³-hybridized carbons (Fsp3) is 0.476. The van der Waals surface area contributed by atoms with Gasteiger partial charge >= 0.3 is 0 Å². The molecule has 3 rings (SSSR count). The third-order valence-corrected chi connectivity index (χ3v) is 6.13. The number of ether oxygens (including phenoxy) is 2. The average Bonchev–Trinajstić information content (AvgIpc) is 2.88. The van der Waals surface area contributed by atoms with E-state index in [4.69, 9.17) is 9.47 Å². The standard InChI is InChI=1S/C21H28N2O3S/c1-13-10-23(11-14(2)26-13)12-19-15(3)16(4)27-21(19)22-20(24)17-6-8-18(25-5)9-7-17/h6-9,13-14H,10-12H2,1-5H3,(H,22,24)/t13-,14-/m1/s1. The Morgan fingerprint density at radius 2 is 1.85 bits per heavy atom. The number of anilines is 1. The molecule has 0 unspecified atom stereocenters. The zero-order chi connectivity index (χ0) is 19.6. The van der Waals surface area contributed by atoms with Crippen molar-refractivity contribution in [2.45, 2.75) is 46.4 Å². The van der Waals surface area contributed by atoms with E-state index in [1.807, 2.05) is 0 Å². The van der Waals surface area contributed by atoms with Gasteiger partial charge in [0.25, 0.3) is 5.91 Å². The largest absolute Gasteiger partial charge is 0.497 e. The first-order valence-electron chi connectivity index (χ1n) is 9.29. The lowest BCUT2D eigenvalue weighted by molar-refractivity contribution is -0.0704. The first kappa shape index (κ1) is 19.9. The number of thiophene rings is 1. The highest BCUT2D eigenvalue weighted by Gasteiger charge is 2.25. The van der Waals surface area contributed by atoms with Gasteiger partial charge in [-0.3, -0.25) is 9.69 Å². The van der Waals surface area contributed by atoms with Gasteiger partial charge in [0.05, 0.1) is 19.3 Å². The first-order valence-corrected chi connectivity index (χ1v) is 10.1. The minimum atomic E-state index is -0.0936. The summed E-state index contributed by atoms with van der Waals surface area (Å²) in [5.41, 5.74) is 3.09. The lowest BCUT2D eigenvalue weighted by Crippen LogP contribution is -2.44. The molecule has 1 aliphatic heterocycles. The Hall–Kier alpha value is -1.89. The van der Waals surface area contributed by atoms with Gasteiger partial charge in [-0.1, -0.05) is 0 Å². The third-order valence-electron chi connectivity index (χ3n) is 4.97. The number of amides is 1. The molecule has 2 atom stereocenters. The fourth-order valence-electron chi connectivity index (χ4n) is 3.52. The van der Waals surface area contributed by atoms with E-state index in [-0.39, 0.29) is 18.1 Å². The number of nitrogens with zero attached hydrogens (tertiary/aromatic N) is 1. The highest BCUT2D eigenvalue weighted by Crippen LogP contribution is 2.34. The Labute approximate surface area is 165 Å². The topological polar surface area (TPSA) is 50.8 Å². The van der Waals surface area contributed by atoms with Crippen LogP contribution in [0.4, 0.5) is 5.00 Å². The molecule has 1 N–H and O–H groups in total. The highest BCUT2D eigenvalue weighted by molar-refractivity contribution is 7.16. The van der Waals surface area contributed by atoms with E-state index in [9.17, 15) is 4.79 Å². The van der Waals surface area contributed by atoms with E-state index in [0.717, 1.165) is 30.4 Å². The predicted octanol–water partition coefficient (Wildman–Crippen LogP) is 4.24. The summed E-state index contributed by atoms with van der Waals surface area (Å²) in [4.78, 5) is 16.4. The zero-order valence-corrected chi connectivity index (χ0v) is 17.5. The molecule has 0 aliphatic carbocycles. The molecule has 1 fully saturated rings. The van der Waals surface area contributed by atoms with E-state index in [0.29, 0.717) is 5.56 Å². The van der Waals surface area contributed by atoms with Gasteiger partial charge in [-0.2, -0.15) is 0 Å². The van der Waals surface area contributed by atoms with Gasteiger partial charge in [0.15, 0.2) is 0 Å². The van der Waals surface area contributed by atoms with Crippen LogP contribution in [0.15, 0.2) is 24.3 Å². The quantitative estimate of drug-likeness (QED) is 0.833. The number of methoxy groups -OCH3 is 1. The SMILES string of the molecule is COc1ccc(C(=O)Nc2sc(C)c(C)c2CN2C[C@@H](C)O[C@H](C)C2)cc1. The Bertz CT molecular complexity index is 791. The molecule has 1 saturated heterocycles. The maximum atomic E-state index is 12.7. The summed E-state index contributed by atoms with van der Waals surface area (Å²) in [7, 11) is 1.62. The van der Waals surface area contributed by atoms with E-state index in [1.165, 1.54) is 16.0 Å². The Morgan fingerprint density at radius 3 is 2.44 bits per heavy atom. The summed E-state index contributed by atoms with van der Waals surface area (Å²) >= 11 is 1.65. The number of carbonyl (C=O) groups excluding carboxylic acids is 1. The van der Waals surface area contributed by atoms with E-state index in [1.54, 1.807) is 42.7 Å². The van der Waals surface area contributed by atoms with Crippen LogP contribution in [0.25, 0.3) is 0 Å². The van der Waals surface area contributed by atoms with Gasteiger partial charge in [-0.15, -0.1) is 11.3 Å². The van der Waals surface area contributed by atoms with Crippen molar-refractivity contribution in [2.75, 3.05) is 25.5 Å². The molecule has 1 aromatic carbocycles. The first-order chi connectivity index (χ1) is 12.9. The predicted molar refractivity (Wildman–Crippen MR) is 110 cm³/mol. The van der Waals surface area contributed by atoms with Crippen LogP contribution in [0.1, 0.15) is 40.2 Å². The van der Waals surface area contributed by atoms with Crippen LogP contribution in [0.5, 0.6) is 5.75 Å². The minimum Gasteiger partial charge on any atom is -0.497 e. The molecule has 146 valence electrons. The Balaban J connectivity index is 1.77. The van der Waals surface area contributed by atoms with Gasteiger partial charge in [0.1, 0.15) is 10.8 Å². The molecule has 6 heteroatoms. The second-order valence-corrected chi connectivity index (χ2v) is 8.45. The fourth-order valence-corrected chi connectivity index (χ4v) is 4.59. The summed E-state index contributed by atoms with van der Waals surface area (Å²) in [6.45, 7) is 11.1. The second kappa shape index (κ2) is 8.42. The number of benzene rings is 1. The van der Waals surface area contributed by atoms with Gasteiger partial charge < -0.3 is 14.8 Å². The molecular formula is C21H28N2O3S. The molecule has 0 saturated carbocycles. The monoisotopic (exact) mass is 388 g/mol. The van der Waals surface area contributed by atoms with Crippen molar-refractivity contribution in [1.29, 1.82) is 0 Å². The van der Waals surface area contributed by atoms with Gasteiger partial charge in [-0.05, 0) is 57.5 Å². The number of hydrogen-bond acceptors (Lipinski definition) is 5. The summed E-state index contributed by atoms with van der Waals surface area (Å²) in [6, 6.07) is 7.17. The number of hydrogen-bond donors (Lipinski definition) is 1. The van der Waals surface area contributed by atoms with Crippen LogP contribution in [0.2, 0.25) is 0 Å². The molecule has 0 bridgehead atoms. The van der Waals surface area contributed by atoms with Crippen molar-refractivity contribution in [3.63, 3.8) is 0 Å². The summed E-state index contributed by atoms with van der Waals surface area (Å²) in [5.74, 6) is 0.648. The molecular weight excluding hydrogens is 360 g/mol. The lowest BCUT2D eigenvalue weighted by atomic mass is 10.1. The average molecular weight is 389 g/mol. The molecule has 1 amide bonds. The molecule has 1 aliphatic rings. The Morgan fingerprint density at radius 1 is 1.22 bits per heavy atom. The molecule has 1 aromatic heterocycles. The van der Waals surface area contributed by atoms with Crippen LogP contribution in [0.3, 0.4) is 0 Å². The number of morpholine rings is 1. The summed E-state index contributed by atoms with van der Waals surface area (Å²) in [6.07, 6.45) is 0.456. The van der Waals surface area contributed by atoms with Gasteiger partial charge in [0, 0.05) is 35.6 Å². The highest BCUT2D eigenvalue weighted by atomic mass is 32.1. The van der Waals surface area contributed by atoms with Crippen LogP contribution in [-0.4, -0.2) is 43.2 Å². The van der Waals surface area contributed by atoms with Gasteiger partial charge in [-0.25, -0.2) is 0 Å². The summed E-state index contributed by atoms with van der Waals surface area (Å²) < 4.78 is 11.0. The number of nitrogens with one attached hydrogen (secondary N) is 1. The summed E-state index contributed by atoms with van der Waals surface area (Å²) in [5, 5.41) is 4.06. The number of aryl methyl sites for hydroxylation is 1. The molecule has 0 radical (unpaired) electrons. The smallest absolute Gasteiger partial charge is 0.256 e. The van der Waals surface area contributed by atoms with Crippen molar-refractivity contribution in [1.82, 2.24) is 4.90 Å². The molecule has 5 nitrogen and oxygen atoms in total. The molecule has 27 heavy (non-hydrogen) atoms. The number of rotatable bonds is 5. The number of carbonyl (C=O) groups is 1. The lowest BCUT2D eigenvalue weighted by Gasteiger charge is -2.35. The third kappa shape index (κ3) is 4.69. The van der Waals surface area contributed by atoms with Crippen molar-refractivity contribution in [3.8, 4) is 5.75 Å². The van der Waals surface area contributed by atoms with E-state index >= 15 is 0 Å². The maximum absolute atomic E-state index is 12.7. The zero-order valence-electron chi connectivity index (χ0n) is 16.7. The maximum Gasteiger partial charge on any atom is 0.256 e. The van der Waals surface area contributed by atoms with Crippen molar-refractivity contribution in [2.24, 2.45) is 0 Å². The van der Waals surface area contributed by atoms with Crippen LogP contribution < -0.4 is 10.1 Å². The van der Waals surface area contributed by atoms with Crippen LogP contribution >= 0.6 is 11.3 Å². The molecule has 2 heterocycles. The van der Waals surface area contributed by atoms with Crippen molar-refractivity contribution < 1.29 is 14.3 Å². The van der Waals surface area contributed by atoms with Crippen molar-refractivity contribution in [3.05, 3.63) is 45.8 Å². The molecule has 0 spiro atoms. The minimum absolute atomic E-state index is 0.0936. The van der Waals surface area contributed by atoms with E-state index in [2.05, 4.69) is 37.9 Å². The van der Waals surface area contributed by atoms with Gasteiger partial charge in [0.2, 0.25) is 0 Å². The van der Waals surface area contributed by atoms with Crippen molar-refractivity contribution >= 4 is 22.2 Å². The van der Waals surface area contributed by atoms with Crippen LogP contribution in [0, 0.1) is 13.8 Å². The normalized spacial score (nSPS) is 20.5. The van der Waals surface area contributed by atoms with E-state index < -0.39 is 0 Å². The molecule has 2 aromatic rings. The Kier molecular flexibility index (Phi) is 6.19.